The molecule has 0 unspecified atom stereocenters. The fourth-order valence-corrected chi connectivity index (χ4v) is 2.92. The van der Waals surface area contributed by atoms with Crippen molar-refractivity contribution in [3.8, 4) is 0 Å². The molecule has 0 atom stereocenters. The normalized spacial score (nSPS) is 18.8. The van der Waals surface area contributed by atoms with Crippen molar-refractivity contribution < 1.29 is 13.2 Å². The predicted molar refractivity (Wildman–Crippen MR) is 76.8 cm³/mol. The lowest BCUT2D eigenvalue weighted by Gasteiger charge is -2.33. The fraction of sp³-hybridized carbons (Fsp3) is 1.00. The quantitative estimate of drug-likeness (QED) is 0.585. The Morgan fingerprint density at radius 3 is 2.42 bits per heavy atom. The van der Waals surface area contributed by atoms with Crippen LogP contribution in [-0.2, 0) is 14.8 Å². The zero-order valence-corrected chi connectivity index (χ0v) is 12.9. The third-order valence-corrected chi connectivity index (χ3v) is 4.55. The number of hydrogen-bond acceptors (Lipinski definition) is 5. The van der Waals surface area contributed by atoms with Crippen LogP contribution < -0.4 is 5.32 Å². The molecule has 0 radical (unpaired) electrons. The molecule has 0 aromatic carbocycles. The molecular weight excluding hydrogens is 266 g/mol. The van der Waals surface area contributed by atoms with E-state index in [1.54, 1.807) is 4.31 Å². The van der Waals surface area contributed by atoms with Crippen molar-refractivity contribution in [2.75, 3.05) is 65.3 Å². The van der Waals surface area contributed by atoms with E-state index in [1.807, 2.05) is 6.92 Å². The molecule has 1 heterocycles. The van der Waals surface area contributed by atoms with Crippen LogP contribution in [0, 0.1) is 0 Å². The van der Waals surface area contributed by atoms with Crippen LogP contribution in [0.5, 0.6) is 0 Å². The van der Waals surface area contributed by atoms with Crippen molar-refractivity contribution in [2.45, 2.75) is 13.3 Å². The number of nitrogens with zero attached hydrogens (tertiary/aromatic N) is 2. The van der Waals surface area contributed by atoms with Crippen molar-refractivity contribution in [3.63, 3.8) is 0 Å². The van der Waals surface area contributed by atoms with Gasteiger partial charge in [0.05, 0.1) is 6.26 Å². The van der Waals surface area contributed by atoms with Gasteiger partial charge in [0.2, 0.25) is 10.0 Å². The second-order valence-electron chi connectivity index (χ2n) is 4.80. The lowest BCUT2D eigenvalue weighted by molar-refractivity contribution is 0.144. The first-order valence-corrected chi connectivity index (χ1v) is 8.85. The third kappa shape index (κ3) is 7.22. The second kappa shape index (κ2) is 8.86. The topological polar surface area (TPSA) is 61.9 Å². The van der Waals surface area contributed by atoms with Crippen LogP contribution in [0.4, 0.5) is 0 Å². The summed E-state index contributed by atoms with van der Waals surface area (Å²) in [6, 6.07) is 0. The molecule has 0 aromatic heterocycles. The van der Waals surface area contributed by atoms with Gasteiger partial charge < -0.3 is 10.1 Å². The molecular formula is C12H27N3O3S. The predicted octanol–water partition coefficient (Wildman–Crippen LogP) is -0.420. The first-order valence-electron chi connectivity index (χ1n) is 7.00. The Labute approximate surface area is 117 Å². The highest BCUT2D eigenvalue weighted by atomic mass is 32.2. The molecule has 19 heavy (non-hydrogen) atoms. The molecule has 1 fully saturated rings. The summed E-state index contributed by atoms with van der Waals surface area (Å²) in [6.45, 7) is 9.39. The first kappa shape index (κ1) is 16.8. The molecule has 1 rings (SSSR count). The van der Waals surface area contributed by atoms with Gasteiger partial charge in [-0.05, 0) is 19.9 Å². The number of hydrogen-bond donors (Lipinski definition) is 1. The molecule has 1 aliphatic heterocycles. The minimum atomic E-state index is -3.01. The lowest BCUT2D eigenvalue weighted by atomic mass is 10.3. The monoisotopic (exact) mass is 293 g/mol. The van der Waals surface area contributed by atoms with Crippen LogP contribution in [0.1, 0.15) is 13.3 Å². The van der Waals surface area contributed by atoms with Gasteiger partial charge >= 0.3 is 0 Å². The number of ether oxygens (including phenoxy) is 1. The van der Waals surface area contributed by atoms with Crippen LogP contribution in [0.3, 0.4) is 0 Å². The minimum Gasteiger partial charge on any atom is -0.382 e. The van der Waals surface area contributed by atoms with Gasteiger partial charge in [-0.25, -0.2) is 8.42 Å². The molecule has 1 aliphatic rings. The van der Waals surface area contributed by atoms with Gasteiger partial charge in [0.1, 0.15) is 0 Å². The highest BCUT2D eigenvalue weighted by molar-refractivity contribution is 7.88. The summed E-state index contributed by atoms with van der Waals surface area (Å²) in [7, 11) is -3.01. The number of piperazine rings is 1. The van der Waals surface area contributed by atoms with E-state index in [0.29, 0.717) is 13.1 Å². The van der Waals surface area contributed by atoms with Gasteiger partial charge in [-0.15, -0.1) is 0 Å². The molecule has 0 amide bonds. The van der Waals surface area contributed by atoms with Crippen molar-refractivity contribution in [3.05, 3.63) is 0 Å². The molecule has 1 N–H and O–H groups in total. The number of rotatable bonds is 9. The molecule has 7 heteroatoms. The van der Waals surface area contributed by atoms with E-state index in [1.165, 1.54) is 6.26 Å². The molecule has 6 nitrogen and oxygen atoms in total. The van der Waals surface area contributed by atoms with E-state index in [2.05, 4.69) is 10.2 Å². The molecule has 0 aliphatic carbocycles. The average molecular weight is 293 g/mol. The SMILES string of the molecule is CCOCCCNCCN1CCN(S(C)(=O)=O)CC1. The van der Waals surface area contributed by atoms with Gasteiger partial charge in [0.25, 0.3) is 0 Å². The van der Waals surface area contributed by atoms with E-state index < -0.39 is 10.0 Å². The summed E-state index contributed by atoms with van der Waals surface area (Å²) < 4.78 is 29.5. The fourth-order valence-electron chi connectivity index (χ4n) is 2.09. The van der Waals surface area contributed by atoms with Crippen LogP contribution in [0.15, 0.2) is 0 Å². The summed E-state index contributed by atoms with van der Waals surface area (Å²) in [4.78, 5) is 2.30. The average Bonchev–Trinajstić information content (AvgIpc) is 2.37. The Balaban J connectivity index is 2.01. The maximum atomic E-state index is 11.4. The highest BCUT2D eigenvalue weighted by Gasteiger charge is 2.22. The van der Waals surface area contributed by atoms with Gasteiger partial charge in [0, 0.05) is 52.5 Å². The van der Waals surface area contributed by atoms with E-state index in [-0.39, 0.29) is 0 Å². The Morgan fingerprint density at radius 2 is 1.84 bits per heavy atom. The number of nitrogens with one attached hydrogen (secondary N) is 1. The zero-order valence-electron chi connectivity index (χ0n) is 12.1. The van der Waals surface area contributed by atoms with Crippen LogP contribution in [0.2, 0.25) is 0 Å². The second-order valence-corrected chi connectivity index (χ2v) is 6.79. The van der Waals surface area contributed by atoms with Crippen LogP contribution in [-0.4, -0.2) is 82.9 Å². The van der Waals surface area contributed by atoms with Gasteiger partial charge in [-0.2, -0.15) is 4.31 Å². The summed E-state index contributed by atoms with van der Waals surface area (Å²) in [5.74, 6) is 0. The van der Waals surface area contributed by atoms with Crippen molar-refractivity contribution in [1.29, 1.82) is 0 Å². The molecule has 1 saturated heterocycles. The zero-order chi connectivity index (χ0) is 14.1. The summed E-state index contributed by atoms with van der Waals surface area (Å²) in [5, 5.41) is 3.38. The summed E-state index contributed by atoms with van der Waals surface area (Å²) in [6.07, 6.45) is 2.32. The Bertz CT molecular complexity index is 327. The van der Waals surface area contributed by atoms with Gasteiger partial charge in [0.15, 0.2) is 0 Å². The Kier molecular flexibility index (Phi) is 7.86. The lowest BCUT2D eigenvalue weighted by Crippen LogP contribution is -2.49. The molecule has 0 spiro atoms. The Hall–Kier alpha value is -0.210. The molecule has 0 bridgehead atoms. The van der Waals surface area contributed by atoms with E-state index >= 15 is 0 Å². The molecule has 0 saturated carbocycles. The maximum Gasteiger partial charge on any atom is 0.211 e. The van der Waals surface area contributed by atoms with Gasteiger partial charge in [-0.3, -0.25) is 4.90 Å². The van der Waals surface area contributed by atoms with Crippen molar-refractivity contribution >= 4 is 10.0 Å². The Morgan fingerprint density at radius 1 is 1.16 bits per heavy atom. The number of sulfonamides is 1. The smallest absolute Gasteiger partial charge is 0.211 e. The summed E-state index contributed by atoms with van der Waals surface area (Å²) in [5.41, 5.74) is 0. The first-order chi connectivity index (χ1) is 9.04. The van der Waals surface area contributed by atoms with Crippen molar-refractivity contribution in [2.24, 2.45) is 0 Å². The van der Waals surface area contributed by atoms with Crippen LogP contribution >= 0.6 is 0 Å². The van der Waals surface area contributed by atoms with E-state index in [0.717, 1.165) is 52.4 Å². The largest absolute Gasteiger partial charge is 0.382 e. The van der Waals surface area contributed by atoms with Gasteiger partial charge in [-0.1, -0.05) is 0 Å². The van der Waals surface area contributed by atoms with Crippen LogP contribution in [0.25, 0.3) is 0 Å². The minimum absolute atomic E-state index is 0.614. The van der Waals surface area contributed by atoms with E-state index in [4.69, 9.17) is 4.74 Å². The molecule has 114 valence electrons. The maximum absolute atomic E-state index is 11.4. The highest BCUT2D eigenvalue weighted by Crippen LogP contribution is 2.04. The van der Waals surface area contributed by atoms with Crippen molar-refractivity contribution in [1.82, 2.24) is 14.5 Å². The molecule has 0 aromatic rings. The summed E-state index contributed by atoms with van der Waals surface area (Å²) >= 11 is 0. The third-order valence-electron chi connectivity index (χ3n) is 3.25. The van der Waals surface area contributed by atoms with E-state index in [9.17, 15) is 8.42 Å². The standard InChI is InChI=1S/C12H27N3O3S/c1-3-18-12-4-5-13-6-7-14-8-10-15(11-9-14)19(2,16)17/h13H,3-12H2,1-2H3.